The lowest BCUT2D eigenvalue weighted by Gasteiger charge is -2.38. The molecule has 0 aromatic heterocycles. The van der Waals surface area contributed by atoms with Gasteiger partial charge in [-0.1, -0.05) is 13.0 Å². The van der Waals surface area contributed by atoms with Crippen LogP contribution in [0.1, 0.15) is 18.1 Å². The Kier molecular flexibility index (Phi) is 3.87. The molecule has 4 heteroatoms. The first-order valence-corrected chi connectivity index (χ1v) is 6.45. The maximum Gasteiger partial charge on any atom is 0.319 e. The van der Waals surface area contributed by atoms with Crippen molar-refractivity contribution in [1.82, 2.24) is 10.2 Å². The maximum atomic E-state index is 11.8. The van der Waals surface area contributed by atoms with Crippen LogP contribution in [0.5, 0.6) is 0 Å². The third-order valence-corrected chi connectivity index (χ3v) is 3.22. The Balaban J connectivity index is 1.84. The summed E-state index contributed by atoms with van der Waals surface area (Å²) in [5.74, 6) is 0. The van der Waals surface area contributed by atoms with Crippen molar-refractivity contribution in [3.05, 3.63) is 29.3 Å². The monoisotopic (exact) mass is 247 g/mol. The van der Waals surface area contributed by atoms with E-state index in [1.807, 2.05) is 26.0 Å². The van der Waals surface area contributed by atoms with E-state index >= 15 is 0 Å². The minimum atomic E-state index is -0.110. The highest BCUT2D eigenvalue weighted by molar-refractivity contribution is 5.89. The van der Waals surface area contributed by atoms with Gasteiger partial charge in [0.15, 0.2) is 0 Å². The van der Waals surface area contributed by atoms with E-state index in [1.54, 1.807) is 0 Å². The summed E-state index contributed by atoms with van der Waals surface area (Å²) in [6, 6.07) is 6.22. The fourth-order valence-electron chi connectivity index (χ4n) is 2.32. The molecule has 0 radical (unpaired) electrons. The van der Waals surface area contributed by atoms with Crippen molar-refractivity contribution in [3.8, 4) is 0 Å². The molecule has 98 valence electrons. The van der Waals surface area contributed by atoms with Gasteiger partial charge in [-0.2, -0.15) is 0 Å². The molecule has 1 aromatic carbocycles. The largest absolute Gasteiger partial charge is 0.333 e. The molecule has 1 aliphatic rings. The van der Waals surface area contributed by atoms with Gasteiger partial charge in [0.05, 0.1) is 6.04 Å². The van der Waals surface area contributed by atoms with Crippen molar-refractivity contribution in [2.75, 3.05) is 25.0 Å². The number of nitrogens with zero attached hydrogens (tertiary/aromatic N) is 1. The van der Waals surface area contributed by atoms with Gasteiger partial charge in [-0.05, 0) is 43.7 Å². The Labute approximate surface area is 108 Å². The summed E-state index contributed by atoms with van der Waals surface area (Å²) in [4.78, 5) is 14.1. The Morgan fingerprint density at radius 2 is 1.89 bits per heavy atom. The summed E-state index contributed by atoms with van der Waals surface area (Å²) in [6.45, 7) is 9.15. The van der Waals surface area contributed by atoms with E-state index in [0.29, 0.717) is 0 Å². The molecular weight excluding hydrogens is 226 g/mol. The summed E-state index contributed by atoms with van der Waals surface area (Å²) in [5, 5.41) is 5.86. The van der Waals surface area contributed by atoms with Crippen molar-refractivity contribution >= 4 is 11.7 Å². The van der Waals surface area contributed by atoms with Crippen molar-refractivity contribution in [2.24, 2.45) is 0 Å². The highest BCUT2D eigenvalue weighted by Crippen LogP contribution is 2.14. The van der Waals surface area contributed by atoms with Crippen LogP contribution in [-0.4, -0.2) is 36.6 Å². The predicted octanol–water partition coefficient (Wildman–Crippen LogP) is 2.13. The molecule has 0 unspecified atom stereocenters. The Morgan fingerprint density at radius 3 is 2.44 bits per heavy atom. The van der Waals surface area contributed by atoms with Gasteiger partial charge in [0, 0.05) is 18.8 Å². The average Bonchev–Trinajstić information content (AvgIpc) is 2.21. The summed E-state index contributed by atoms with van der Waals surface area (Å²) >= 11 is 0. The highest BCUT2D eigenvalue weighted by Gasteiger charge is 2.26. The number of rotatable bonds is 3. The summed E-state index contributed by atoms with van der Waals surface area (Å²) < 4.78 is 0. The zero-order valence-electron chi connectivity index (χ0n) is 11.3. The summed E-state index contributed by atoms with van der Waals surface area (Å²) in [6.07, 6.45) is 0. The van der Waals surface area contributed by atoms with Crippen LogP contribution in [-0.2, 0) is 0 Å². The molecule has 18 heavy (non-hydrogen) atoms. The van der Waals surface area contributed by atoms with E-state index in [9.17, 15) is 4.79 Å². The number of nitrogens with one attached hydrogen (secondary N) is 2. The molecule has 1 aliphatic heterocycles. The second kappa shape index (κ2) is 5.40. The van der Waals surface area contributed by atoms with Gasteiger partial charge < -0.3 is 10.6 Å². The van der Waals surface area contributed by atoms with Gasteiger partial charge in [-0.15, -0.1) is 0 Å². The first-order valence-electron chi connectivity index (χ1n) is 6.45. The van der Waals surface area contributed by atoms with Crippen LogP contribution in [0.2, 0.25) is 0 Å². The number of urea groups is 1. The lowest BCUT2D eigenvalue weighted by atomic mass is 10.1. The number of benzene rings is 1. The van der Waals surface area contributed by atoms with E-state index in [0.717, 1.165) is 36.4 Å². The fourth-order valence-corrected chi connectivity index (χ4v) is 2.32. The van der Waals surface area contributed by atoms with Crippen LogP contribution in [0.4, 0.5) is 10.5 Å². The normalized spacial score (nSPS) is 16.2. The number of amides is 2. The van der Waals surface area contributed by atoms with Crippen LogP contribution >= 0.6 is 0 Å². The van der Waals surface area contributed by atoms with Crippen molar-refractivity contribution in [1.29, 1.82) is 0 Å². The fraction of sp³-hybridized carbons (Fsp3) is 0.500. The van der Waals surface area contributed by atoms with E-state index in [2.05, 4.69) is 28.5 Å². The predicted molar refractivity (Wildman–Crippen MR) is 74.0 cm³/mol. The van der Waals surface area contributed by atoms with Crippen LogP contribution in [0.3, 0.4) is 0 Å². The quantitative estimate of drug-likeness (QED) is 0.859. The number of anilines is 1. The van der Waals surface area contributed by atoms with E-state index in [1.165, 1.54) is 0 Å². The van der Waals surface area contributed by atoms with Crippen LogP contribution in [0.25, 0.3) is 0 Å². The van der Waals surface area contributed by atoms with Crippen molar-refractivity contribution in [3.63, 3.8) is 0 Å². The first-order chi connectivity index (χ1) is 8.56. The van der Waals surface area contributed by atoms with Gasteiger partial charge in [0.2, 0.25) is 0 Å². The molecule has 1 heterocycles. The van der Waals surface area contributed by atoms with Crippen LogP contribution in [0.15, 0.2) is 18.2 Å². The molecule has 2 rings (SSSR count). The third-order valence-electron chi connectivity index (χ3n) is 3.22. The molecule has 0 aliphatic carbocycles. The number of hydrogen-bond acceptors (Lipinski definition) is 2. The zero-order chi connectivity index (χ0) is 13.1. The Hall–Kier alpha value is -1.55. The first kappa shape index (κ1) is 12.9. The van der Waals surface area contributed by atoms with E-state index in [-0.39, 0.29) is 12.1 Å². The number of carbonyl (C=O) groups excluding carboxylic acids is 1. The molecule has 0 bridgehead atoms. The minimum Gasteiger partial charge on any atom is -0.333 e. The standard InChI is InChI=1S/C14H21N3O/c1-4-17-8-13(9-17)16-14(18)15-12-6-10(2)5-11(3)7-12/h5-7,13H,4,8-9H2,1-3H3,(H2,15,16,18). The molecule has 2 N–H and O–H groups in total. The van der Waals surface area contributed by atoms with Crippen LogP contribution < -0.4 is 10.6 Å². The number of likely N-dealkylation sites (N-methyl/N-ethyl adjacent to an activating group) is 1. The lowest BCUT2D eigenvalue weighted by Crippen LogP contribution is -2.59. The molecule has 0 atom stereocenters. The second-order valence-corrected chi connectivity index (χ2v) is 5.02. The van der Waals surface area contributed by atoms with Crippen molar-refractivity contribution in [2.45, 2.75) is 26.8 Å². The zero-order valence-corrected chi connectivity index (χ0v) is 11.3. The van der Waals surface area contributed by atoms with Gasteiger partial charge in [-0.3, -0.25) is 4.90 Å². The summed E-state index contributed by atoms with van der Waals surface area (Å²) in [5.41, 5.74) is 3.17. The number of likely N-dealkylation sites (tertiary alicyclic amines) is 1. The van der Waals surface area contributed by atoms with Gasteiger partial charge in [0.25, 0.3) is 0 Å². The number of aryl methyl sites for hydroxylation is 2. The third kappa shape index (κ3) is 3.23. The molecule has 0 saturated carbocycles. The lowest BCUT2D eigenvalue weighted by molar-refractivity contribution is 0.139. The molecule has 1 fully saturated rings. The van der Waals surface area contributed by atoms with E-state index in [4.69, 9.17) is 0 Å². The smallest absolute Gasteiger partial charge is 0.319 e. The summed E-state index contributed by atoms with van der Waals surface area (Å²) in [7, 11) is 0. The average molecular weight is 247 g/mol. The van der Waals surface area contributed by atoms with E-state index < -0.39 is 0 Å². The number of carbonyl (C=O) groups is 1. The topological polar surface area (TPSA) is 44.4 Å². The molecular formula is C14H21N3O. The maximum absolute atomic E-state index is 11.8. The van der Waals surface area contributed by atoms with Gasteiger partial charge in [0.1, 0.15) is 0 Å². The van der Waals surface area contributed by atoms with Crippen molar-refractivity contribution < 1.29 is 4.79 Å². The molecule has 1 aromatic rings. The SMILES string of the molecule is CCN1CC(NC(=O)Nc2cc(C)cc(C)c2)C1. The minimum absolute atomic E-state index is 0.110. The molecule has 0 spiro atoms. The van der Waals surface area contributed by atoms with Gasteiger partial charge in [-0.25, -0.2) is 4.79 Å². The molecule has 4 nitrogen and oxygen atoms in total. The van der Waals surface area contributed by atoms with Gasteiger partial charge >= 0.3 is 6.03 Å². The Bertz CT molecular complexity index is 418. The van der Waals surface area contributed by atoms with Crippen LogP contribution in [0, 0.1) is 13.8 Å². The highest BCUT2D eigenvalue weighted by atomic mass is 16.2. The second-order valence-electron chi connectivity index (χ2n) is 5.02. The molecule has 1 saturated heterocycles. The number of hydrogen-bond donors (Lipinski definition) is 2. The Morgan fingerprint density at radius 1 is 1.28 bits per heavy atom. The molecule has 2 amide bonds.